The Morgan fingerprint density at radius 3 is 2.20 bits per heavy atom. The normalized spacial score (nSPS) is 12.2. The molecule has 11 nitrogen and oxygen atoms in total. The van der Waals surface area contributed by atoms with Gasteiger partial charge >= 0.3 is 5.97 Å². The van der Waals surface area contributed by atoms with E-state index in [2.05, 4.69) is 15.3 Å². The van der Waals surface area contributed by atoms with Gasteiger partial charge in [0.25, 0.3) is 10.0 Å². The van der Waals surface area contributed by atoms with Crippen molar-refractivity contribution in [2.45, 2.75) is 63.9 Å². The van der Waals surface area contributed by atoms with Gasteiger partial charge in [0.2, 0.25) is 5.95 Å². The van der Waals surface area contributed by atoms with Crippen LogP contribution in [0.25, 0.3) is 21.8 Å². The molecule has 2 aromatic heterocycles. The first-order valence-electron chi connectivity index (χ1n) is 15.7. The van der Waals surface area contributed by atoms with Gasteiger partial charge in [0.15, 0.2) is 10.7 Å². The zero-order chi connectivity index (χ0) is 36.7. The molecule has 0 aliphatic heterocycles. The standard InChI is InChI=1S/C34H40F3N5O6S2/c1-33(2,3)31-41-28(21-9-7-12-24(27(21)37)42-50(44,45)30-22(35)10-8-11-23(30)36)29(49-31)25-13-15-38-32(40-25)39-16-18-47-20-19-46-17-14-26(43)48-34(4,5)6/h7-13,15,42H,14,16-20H2,1-6H3,(H,38,39,40). The fraction of sp³-hybridized carbons (Fsp3) is 0.412. The van der Waals surface area contributed by atoms with Gasteiger partial charge in [-0.3, -0.25) is 9.52 Å². The van der Waals surface area contributed by atoms with Gasteiger partial charge in [-0.25, -0.2) is 36.5 Å². The molecule has 16 heteroatoms. The molecule has 4 aromatic rings. The van der Waals surface area contributed by atoms with Crippen molar-refractivity contribution >= 4 is 39.0 Å². The van der Waals surface area contributed by atoms with Crippen molar-refractivity contribution in [1.29, 1.82) is 0 Å². The fourth-order valence-electron chi connectivity index (χ4n) is 4.40. The summed E-state index contributed by atoms with van der Waals surface area (Å²) in [6.07, 6.45) is 1.69. The van der Waals surface area contributed by atoms with Crippen LogP contribution in [0.5, 0.6) is 0 Å². The smallest absolute Gasteiger partial charge is 0.308 e. The van der Waals surface area contributed by atoms with Crippen LogP contribution in [0, 0.1) is 17.5 Å². The lowest BCUT2D eigenvalue weighted by atomic mass is 9.98. The maximum atomic E-state index is 16.1. The molecule has 0 fully saturated rings. The highest BCUT2D eigenvalue weighted by atomic mass is 32.2. The van der Waals surface area contributed by atoms with Crippen molar-refractivity contribution in [1.82, 2.24) is 15.0 Å². The Kier molecular flexibility index (Phi) is 12.6. The molecule has 0 saturated carbocycles. The Balaban J connectivity index is 1.46. The van der Waals surface area contributed by atoms with E-state index in [9.17, 15) is 22.0 Å². The summed E-state index contributed by atoms with van der Waals surface area (Å²) in [4.78, 5) is 24.6. The molecule has 2 N–H and O–H groups in total. The molecule has 4 rings (SSSR count). The summed E-state index contributed by atoms with van der Waals surface area (Å²) >= 11 is 1.30. The largest absolute Gasteiger partial charge is 0.460 e. The van der Waals surface area contributed by atoms with Crippen molar-refractivity contribution < 1.29 is 40.6 Å². The van der Waals surface area contributed by atoms with Crippen LogP contribution in [0.4, 0.5) is 24.8 Å². The minimum Gasteiger partial charge on any atom is -0.460 e. The second-order valence-corrected chi connectivity index (χ2v) is 15.6. The van der Waals surface area contributed by atoms with Crippen LogP contribution in [0.3, 0.4) is 0 Å². The minimum absolute atomic E-state index is 0.0456. The van der Waals surface area contributed by atoms with Crippen molar-refractivity contribution in [2.24, 2.45) is 0 Å². The second kappa shape index (κ2) is 16.3. The summed E-state index contributed by atoms with van der Waals surface area (Å²) in [5.74, 6) is -3.66. The highest BCUT2D eigenvalue weighted by Gasteiger charge is 2.29. The van der Waals surface area contributed by atoms with E-state index in [0.717, 1.165) is 24.3 Å². The quantitative estimate of drug-likeness (QED) is 0.0973. The topological polar surface area (TPSA) is 142 Å². The number of carbonyl (C=O) groups excluding carboxylic acids is 1. The number of ether oxygens (including phenoxy) is 3. The van der Waals surface area contributed by atoms with Crippen LogP contribution in [-0.4, -0.2) is 67.9 Å². The van der Waals surface area contributed by atoms with Gasteiger partial charge in [-0.05, 0) is 51.1 Å². The Labute approximate surface area is 293 Å². The lowest BCUT2D eigenvalue weighted by Crippen LogP contribution is -2.24. The van der Waals surface area contributed by atoms with E-state index < -0.39 is 49.1 Å². The third-order valence-electron chi connectivity index (χ3n) is 6.61. The van der Waals surface area contributed by atoms with Crippen LogP contribution in [0.15, 0.2) is 53.6 Å². The van der Waals surface area contributed by atoms with E-state index in [4.69, 9.17) is 19.2 Å². The molecule has 0 spiro atoms. The van der Waals surface area contributed by atoms with Gasteiger partial charge in [-0.2, -0.15) is 0 Å². The number of hydrogen-bond donors (Lipinski definition) is 2. The van der Waals surface area contributed by atoms with Gasteiger partial charge in [0, 0.05) is 23.7 Å². The van der Waals surface area contributed by atoms with E-state index in [-0.39, 0.29) is 36.2 Å². The maximum Gasteiger partial charge on any atom is 0.308 e. The second-order valence-electron chi connectivity index (χ2n) is 13.0. The van der Waals surface area contributed by atoms with Crippen LogP contribution < -0.4 is 10.0 Å². The number of carbonyl (C=O) groups is 1. The molecule has 2 heterocycles. The fourth-order valence-corrected chi connectivity index (χ4v) is 6.71. The molecular weight excluding hydrogens is 696 g/mol. The van der Waals surface area contributed by atoms with E-state index in [1.165, 1.54) is 29.7 Å². The Morgan fingerprint density at radius 1 is 0.880 bits per heavy atom. The molecule has 0 atom stereocenters. The van der Waals surface area contributed by atoms with E-state index in [0.29, 0.717) is 41.9 Å². The molecular formula is C34H40F3N5O6S2. The Morgan fingerprint density at radius 2 is 1.54 bits per heavy atom. The monoisotopic (exact) mass is 735 g/mol. The lowest BCUT2D eigenvalue weighted by molar-refractivity contribution is -0.156. The summed E-state index contributed by atoms with van der Waals surface area (Å²) < 4.78 is 88.8. The molecule has 0 aliphatic rings. The van der Waals surface area contributed by atoms with Crippen molar-refractivity contribution in [3.8, 4) is 21.8 Å². The number of thiazole rings is 1. The molecule has 2 aromatic carbocycles. The zero-order valence-corrected chi connectivity index (χ0v) is 30.2. The van der Waals surface area contributed by atoms with Gasteiger partial charge < -0.3 is 19.5 Å². The number of nitrogens with zero attached hydrogens (tertiary/aromatic N) is 3. The van der Waals surface area contributed by atoms with Crippen LogP contribution in [-0.2, 0) is 34.4 Å². The van der Waals surface area contributed by atoms with Crippen LogP contribution >= 0.6 is 11.3 Å². The number of aromatic nitrogens is 3. The Hall–Kier alpha value is -4.12. The van der Waals surface area contributed by atoms with Crippen molar-refractivity contribution in [3.05, 3.63) is 71.1 Å². The third-order valence-corrected chi connectivity index (χ3v) is 9.53. The number of hydrogen-bond acceptors (Lipinski definition) is 11. The molecule has 0 unspecified atom stereocenters. The van der Waals surface area contributed by atoms with Gasteiger partial charge in [0.05, 0.1) is 59.8 Å². The van der Waals surface area contributed by atoms with Gasteiger partial charge in [-0.15, -0.1) is 11.3 Å². The first-order chi connectivity index (χ1) is 23.5. The number of anilines is 2. The highest BCUT2D eigenvalue weighted by Crippen LogP contribution is 2.42. The average molecular weight is 736 g/mol. The molecule has 0 amide bonds. The zero-order valence-electron chi connectivity index (χ0n) is 28.6. The minimum atomic E-state index is -4.83. The first-order valence-corrected chi connectivity index (χ1v) is 18.0. The van der Waals surface area contributed by atoms with Crippen molar-refractivity contribution in [2.75, 3.05) is 43.0 Å². The number of benzene rings is 2. The highest BCUT2D eigenvalue weighted by molar-refractivity contribution is 7.92. The first kappa shape index (κ1) is 38.7. The molecule has 0 bridgehead atoms. The molecule has 0 saturated heterocycles. The van der Waals surface area contributed by atoms with Crippen LogP contribution in [0.1, 0.15) is 53.0 Å². The third kappa shape index (κ3) is 10.4. The molecule has 0 radical (unpaired) electrons. The number of nitrogens with one attached hydrogen (secondary N) is 2. The number of esters is 1. The number of rotatable bonds is 15. The number of halogens is 3. The van der Waals surface area contributed by atoms with Gasteiger partial charge in [0.1, 0.15) is 17.2 Å². The number of sulfonamides is 1. The summed E-state index contributed by atoms with van der Waals surface area (Å²) in [5.41, 5.74) is -0.894. The van der Waals surface area contributed by atoms with Crippen molar-refractivity contribution in [3.63, 3.8) is 0 Å². The van der Waals surface area contributed by atoms with Crippen LogP contribution in [0.2, 0.25) is 0 Å². The summed E-state index contributed by atoms with van der Waals surface area (Å²) in [7, 11) is -4.83. The summed E-state index contributed by atoms with van der Waals surface area (Å²) in [6, 6.07) is 8.26. The van der Waals surface area contributed by atoms with Gasteiger partial charge in [-0.1, -0.05) is 32.9 Å². The SMILES string of the molecule is CC(C)(C)OC(=O)CCOCCOCCNc1nccc(-c2sc(C(C)(C)C)nc2-c2cccc(NS(=O)(=O)c3c(F)cccc3F)c2F)n1. The lowest BCUT2D eigenvalue weighted by Gasteiger charge is -2.19. The van der Waals surface area contributed by atoms with E-state index in [1.54, 1.807) is 26.8 Å². The van der Waals surface area contributed by atoms with E-state index >= 15 is 4.39 Å². The molecule has 270 valence electrons. The molecule has 0 aliphatic carbocycles. The average Bonchev–Trinajstić information content (AvgIpc) is 3.46. The summed E-state index contributed by atoms with van der Waals surface area (Å²) in [5, 5.41) is 3.75. The van der Waals surface area contributed by atoms with E-state index in [1.807, 2.05) is 25.5 Å². The summed E-state index contributed by atoms with van der Waals surface area (Å²) in [6.45, 7) is 12.8. The maximum absolute atomic E-state index is 16.1. The predicted molar refractivity (Wildman–Crippen MR) is 185 cm³/mol. The molecule has 50 heavy (non-hydrogen) atoms. The predicted octanol–water partition coefficient (Wildman–Crippen LogP) is 6.96. The Bertz CT molecular complexity index is 1890.